The van der Waals surface area contributed by atoms with Crippen molar-refractivity contribution in [3.05, 3.63) is 41.0 Å². The van der Waals surface area contributed by atoms with Crippen LogP contribution in [0.25, 0.3) is 6.08 Å². The number of allylic oxidation sites excluding steroid dienone is 1. The minimum atomic E-state index is 0.337. The quantitative estimate of drug-likeness (QED) is 0.688. The Morgan fingerprint density at radius 3 is 2.29 bits per heavy atom. The predicted molar refractivity (Wildman–Crippen MR) is 72.0 cm³/mol. The molecule has 0 atom stereocenters. The van der Waals surface area contributed by atoms with Gasteiger partial charge in [0.05, 0.1) is 0 Å². The van der Waals surface area contributed by atoms with Crippen LogP contribution in [0.4, 0.5) is 0 Å². The number of Topliss-reactive ketones (excluding diaryl/α,β-unsaturated/α-hetero) is 1. The van der Waals surface area contributed by atoms with E-state index in [1.807, 2.05) is 0 Å². The lowest BCUT2D eigenvalue weighted by Gasteiger charge is -2.12. The Balaban J connectivity index is 2.17. The molecule has 0 saturated heterocycles. The van der Waals surface area contributed by atoms with E-state index in [9.17, 15) is 4.79 Å². The molecular formula is C16H20O. The molecule has 0 heterocycles. The smallest absolute Gasteiger partial charge is 0.158 e. The zero-order chi connectivity index (χ0) is 12.3. The van der Waals surface area contributed by atoms with Crippen LogP contribution < -0.4 is 0 Å². The van der Waals surface area contributed by atoms with Crippen molar-refractivity contribution in [1.82, 2.24) is 0 Å². The molecule has 0 aliphatic heterocycles. The van der Waals surface area contributed by atoms with E-state index in [2.05, 4.69) is 44.2 Å². The molecule has 0 radical (unpaired) electrons. The maximum Gasteiger partial charge on any atom is 0.158 e. The van der Waals surface area contributed by atoms with E-state index in [-0.39, 0.29) is 0 Å². The molecule has 0 aromatic heterocycles. The maximum atomic E-state index is 11.7. The first-order valence-electron chi connectivity index (χ1n) is 6.50. The Morgan fingerprint density at radius 2 is 1.71 bits per heavy atom. The number of carbonyl (C=O) groups is 1. The second-order valence-electron chi connectivity index (χ2n) is 5.12. The summed E-state index contributed by atoms with van der Waals surface area (Å²) in [6.07, 6.45) is 5.95. The molecule has 1 saturated carbocycles. The second-order valence-corrected chi connectivity index (χ2v) is 5.12. The van der Waals surface area contributed by atoms with Gasteiger partial charge in [-0.05, 0) is 48.0 Å². The van der Waals surface area contributed by atoms with Crippen LogP contribution >= 0.6 is 0 Å². The molecule has 0 N–H and O–H groups in total. The number of ketones is 1. The van der Waals surface area contributed by atoms with E-state index in [0.29, 0.717) is 11.7 Å². The van der Waals surface area contributed by atoms with E-state index >= 15 is 0 Å². The molecule has 0 unspecified atom stereocenters. The normalized spacial score (nSPS) is 19.0. The van der Waals surface area contributed by atoms with Crippen LogP contribution in [-0.2, 0) is 4.79 Å². The van der Waals surface area contributed by atoms with Gasteiger partial charge in [0.2, 0.25) is 0 Å². The number of hydrogen-bond acceptors (Lipinski definition) is 1. The Labute approximate surface area is 104 Å². The first-order chi connectivity index (χ1) is 8.16. The van der Waals surface area contributed by atoms with Crippen molar-refractivity contribution in [1.29, 1.82) is 0 Å². The Hall–Kier alpha value is -1.37. The molecule has 1 aromatic rings. The lowest BCUT2D eigenvalue weighted by molar-refractivity contribution is -0.116. The van der Waals surface area contributed by atoms with Gasteiger partial charge >= 0.3 is 0 Å². The fraction of sp³-hybridized carbons (Fsp3) is 0.438. The van der Waals surface area contributed by atoms with Gasteiger partial charge in [-0.2, -0.15) is 0 Å². The van der Waals surface area contributed by atoms with Crippen molar-refractivity contribution in [2.45, 2.75) is 45.4 Å². The average Bonchev–Trinajstić information content (AvgIpc) is 2.33. The predicted octanol–water partition coefficient (Wildman–Crippen LogP) is 4.34. The van der Waals surface area contributed by atoms with Gasteiger partial charge in [0.25, 0.3) is 0 Å². The molecule has 17 heavy (non-hydrogen) atoms. The van der Waals surface area contributed by atoms with Crippen molar-refractivity contribution in [2.75, 3.05) is 0 Å². The largest absolute Gasteiger partial charge is 0.295 e. The molecule has 0 spiro atoms. The topological polar surface area (TPSA) is 17.1 Å². The first-order valence-corrected chi connectivity index (χ1v) is 6.50. The third-order valence-electron chi connectivity index (χ3n) is 3.40. The molecule has 2 rings (SSSR count). The number of carbonyl (C=O) groups excluding carboxylic acids is 1. The van der Waals surface area contributed by atoms with Gasteiger partial charge < -0.3 is 0 Å². The van der Waals surface area contributed by atoms with E-state index in [0.717, 1.165) is 36.8 Å². The van der Waals surface area contributed by atoms with Gasteiger partial charge in [-0.3, -0.25) is 4.79 Å². The summed E-state index contributed by atoms with van der Waals surface area (Å²) in [6.45, 7) is 4.39. The van der Waals surface area contributed by atoms with E-state index < -0.39 is 0 Å². The molecule has 1 aliphatic carbocycles. The van der Waals surface area contributed by atoms with Crippen LogP contribution in [0, 0.1) is 0 Å². The SMILES string of the molecule is CC(C)c1ccc(C=C2CCCCC2=O)cc1. The summed E-state index contributed by atoms with van der Waals surface area (Å²) in [4.78, 5) is 11.7. The monoisotopic (exact) mass is 228 g/mol. The van der Waals surface area contributed by atoms with Crippen LogP contribution in [-0.4, -0.2) is 5.78 Å². The highest BCUT2D eigenvalue weighted by Gasteiger charge is 2.14. The van der Waals surface area contributed by atoms with Crippen LogP contribution in [0.5, 0.6) is 0 Å². The highest BCUT2D eigenvalue weighted by molar-refractivity contribution is 6.00. The van der Waals surface area contributed by atoms with E-state index in [1.165, 1.54) is 5.56 Å². The summed E-state index contributed by atoms with van der Waals surface area (Å²) in [5.41, 5.74) is 3.51. The van der Waals surface area contributed by atoms with Gasteiger partial charge in [0.15, 0.2) is 5.78 Å². The van der Waals surface area contributed by atoms with Crippen molar-refractivity contribution < 1.29 is 4.79 Å². The molecule has 1 aliphatic rings. The molecular weight excluding hydrogens is 208 g/mol. The van der Waals surface area contributed by atoms with E-state index in [1.54, 1.807) is 0 Å². The Bertz CT molecular complexity index is 423. The maximum absolute atomic E-state index is 11.7. The van der Waals surface area contributed by atoms with Crippen LogP contribution in [0.1, 0.15) is 56.6 Å². The minimum absolute atomic E-state index is 0.337. The molecule has 0 amide bonds. The number of rotatable bonds is 2. The summed E-state index contributed by atoms with van der Waals surface area (Å²) < 4.78 is 0. The number of hydrogen-bond donors (Lipinski definition) is 0. The van der Waals surface area contributed by atoms with Gasteiger partial charge in [0, 0.05) is 6.42 Å². The molecule has 1 heteroatoms. The third-order valence-corrected chi connectivity index (χ3v) is 3.40. The highest BCUT2D eigenvalue weighted by atomic mass is 16.1. The zero-order valence-corrected chi connectivity index (χ0v) is 10.7. The Kier molecular flexibility index (Phi) is 3.78. The summed E-state index contributed by atoms with van der Waals surface area (Å²) in [5, 5.41) is 0. The zero-order valence-electron chi connectivity index (χ0n) is 10.7. The van der Waals surface area contributed by atoms with Crippen LogP contribution in [0.15, 0.2) is 29.8 Å². The van der Waals surface area contributed by atoms with Crippen molar-refractivity contribution >= 4 is 11.9 Å². The lowest BCUT2D eigenvalue weighted by Crippen LogP contribution is -2.07. The van der Waals surface area contributed by atoms with Gasteiger partial charge in [-0.25, -0.2) is 0 Å². The average molecular weight is 228 g/mol. The molecule has 1 nitrogen and oxygen atoms in total. The first kappa shape index (κ1) is 12.1. The standard InChI is InChI=1S/C16H20O/c1-12(2)14-9-7-13(8-10-14)11-15-5-3-4-6-16(15)17/h7-12H,3-6H2,1-2H3. The molecule has 1 fully saturated rings. The van der Waals surface area contributed by atoms with Gasteiger partial charge in [-0.1, -0.05) is 38.1 Å². The van der Waals surface area contributed by atoms with E-state index in [4.69, 9.17) is 0 Å². The lowest BCUT2D eigenvalue weighted by atomic mass is 9.92. The van der Waals surface area contributed by atoms with Gasteiger partial charge in [0.1, 0.15) is 0 Å². The molecule has 0 bridgehead atoms. The van der Waals surface area contributed by atoms with Crippen molar-refractivity contribution in [3.8, 4) is 0 Å². The summed E-state index contributed by atoms with van der Waals surface area (Å²) in [7, 11) is 0. The highest BCUT2D eigenvalue weighted by Crippen LogP contribution is 2.23. The van der Waals surface area contributed by atoms with Gasteiger partial charge in [-0.15, -0.1) is 0 Å². The fourth-order valence-corrected chi connectivity index (χ4v) is 2.23. The molecule has 1 aromatic carbocycles. The second kappa shape index (κ2) is 5.31. The number of benzene rings is 1. The third kappa shape index (κ3) is 3.06. The molecule has 90 valence electrons. The van der Waals surface area contributed by atoms with Crippen molar-refractivity contribution in [2.24, 2.45) is 0 Å². The Morgan fingerprint density at radius 1 is 1.06 bits per heavy atom. The van der Waals surface area contributed by atoms with Crippen LogP contribution in [0.2, 0.25) is 0 Å². The summed E-state index contributed by atoms with van der Waals surface area (Å²) in [6, 6.07) is 8.54. The van der Waals surface area contributed by atoms with Crippen molar-refractivity contribution in [3.63, 3.8) is 0 Å². The van der Waals surface area contributed by atoms with Crippen LogP contribution in [0.3, 0.4) is 0 Å². The fourth-order valence-electron chi connectivity index (χ4n) is 2.23. The summed E-state index contributed by atoms with van der Waals surface area (Å²) >= 11 is 0. The summed E-state index contributed by atoms with van der Waals surface area (Å²) in [5.74, 6) is 0.900. The minimum Gasteiger partial charge on any atom is -0.295 e.